The molecule has 0 amide bonds. The fourth-order valence-corrected chi connectivity index (χ4v) is 3.75. The van der Waals surface area contributed by atoms with Gasteiger partial charge in [0.1, 0.15) is 0 Å². The van der Waals surface area contributed by atoms with Gasteiger partial charge in [-0.15, -0.1) is 35.3 Å². The third-order valence-electron chi connectivity index (χ3n) is 4.64. The number of aliphatic imine (C=N–C) groups is 1. The summed E-state index contributed by atoms with van der Waals surface area (Å²) in [7, 11) is 1.74. The smallest absolute Gasteiger partial charge is 0.191 e. The number of hydrogen-bond acceptors (Lipinski definition) is 4. The Kier molecular flexibility index (Phi) is 11.1. The number of methoxy groups -OCH3 is 1. The van der Waals surface area contributed by atoms with Gasteiger partial charge in [-0.1, -0.05) is 6.07 Å². The van der Waals surface area contributed by atoms with Crippen molar-refractivity contribution in [2.45, 2.75) is 45.8 Å². The molecule has 2 rings (SSSR count). The molecule has 1 atom stereocenters. The monoisotopic (exact) mass is 494 g/mol. The molecule has 1 fully saturated rings. The lowest BCUT2D eigenvalue weighted by Gasteiger charge is -2.32. The first kappa shape index (κ1) is 23.7. The topological polar surface area (TPSA) is 48.9 Å². The summed E-state index contributed by atoms with van der Waals surface area (Å²) >= 11 is 1.86. The summed E-state index contributed by atoms with van der Waals surface area (Å²) in [6.07, 6.45) is 2.57. The van der Waals surface area contributed by atoms with Crippen LogP contribution in [0.1, 0.15) is 38.5 Å². The fourth-order valence-electron chi connectivity index (χ4n) is 3.00. The van der Waals surface area contributed by atoms with E-state index in [-0.39, 0.29) is 29.6 Å². The molecule has 0 saturated carbocycles. The van der Waals surface area contributed by atoms with Gasteiger partial charge < -0.3 is 15.4 Å². The van der Waals surface area contributed by atoms with E-state index in [0.29, 0.717) is 12.5 Å². The summed E-state index contributed by atoms with van der Waals surface area (Å²) in [4.78, 5) is 8.72. The van der Waals surface area contributed by atoms with Crippen molar-refractivity contribution < 1.29 is 4.74 Å². The Morgan fingerprint density at radius 2 is 2.23 bits per heavy atom. The third kappa shape index (κ3) is 8.54. The zero-order valence-corrected chi connectivity index (χ0v) is 19.7. The Morgan fingerprint density at radius 3 is 2.88 bits per heavy atom. The lowest BCUT2D eigenvalue weighted by molar-refractivity contribution is 0.0310. The van der Waals surface area contributed by atoms with Gasteiger partial charge in [0.15, 0.2) is 5.96 Å². The number of piperidine rings is 1. The van der Waals surface area contributed by atoms with Gasteiger partial charge in [0.25, 0.3) is 0 Å². The SMILES string of the molecule is CCNC(=NCC(C)(C)OC)NCC1CCCN(Cc2cccs2)C1.I. The summed E-state index contributed by atoms with van der Waals surface area (Å²) in [5.74, 6) is 1.57. The predicted molar refractivity (Wildman–Crippen MR) is 123 cm³/mol. The Labute approximate surface area is 180 Å². The number of nitrogens with zero attached hydrogens (tertiary/aromatic N) is 2. The van der Waals surface area contributed by atoms with Crippen molar-refractivity contribution in [2.24, 2.45) is 10.9 Å². The molecule has 0 aromatic carbocycles. The molecule has 0 bridgehead atoms. The molecule has 1 aliphatic rings. The Bertz CT molecular complexity index is 522. The van der Waals surface area contributed by atoms with Crippen LogP contribution in [0.4, 0.5) is 0 Å². The van der Waals surface area contributed by atoms with Gasteiger partial charge in [-0.05, 0) is 57.5 Å². The second-order valence-electron chi connectivity index (χ2n) is 7.36. The number of ether oxygens (including phenoxy) is 1. The normalized spacial score (nSPS) is 19.1. The lowest BCUT2D eigenvalue weighted by atomic mass is 9.98. The van der Waals surface area contributed by atoms with Crippen molar-refractivity contribution >= 4 is 41.3 Å². The quantitative estimate of drug-likeness (QED) is 0.330. The molecule has 5 nitrogen and oxygen atoms in total. The number of nitrogens with one attached hydrogen (secondary N) is 2. The number of thiophene rings is 1. The highest BCUT2D eigenvalue weighted by atomic mass is 127. The molecule has 150 valence electrons. The fraction of sp³-hybridized carbons (Fsp3) is 0.737. The molecular formula is C19H35IN4OS. The van der Waals surface area contributed by atoms with Crippen LogP contribution in [0.3, 0.4) is 0 Å². The Balaban J connectivity index is 0.00000338. The highest BCUT2D eigenvalue weighted by molar-refractivity contribution is 14.0. The molecular weight excluding hydrogens is 459 g/mol. The maximum atomic E-state index is 5.46. The van der Waals surface area contributed by atoms with E-state index in [1.54, 1.807) is 7.11 Å². The summed E-state index contributed by atoms with van der Waals surface area (Å²) in [6.45, 7) is 12.2. The van der Waals surface area contributed by atoms with E-state index in [2.05, 4.69) is 58.8 Å². The van der Waals surface area contributed by atoms with Crippen molar-refractivity contribution in [1.82, 2.24) is 15.5 Å². The van der Waals surface area contributed by atoms with E-state index in [1.165, 1.54) is 24.3 Å². The highest BCUT2D eigenvalue weighted by Crippen LogP contribution is 2.20. The number of halogens is 1. The Morgan fingerprint density at radius 1 is 1.42 bits per heavy atom. The zero-order chi connectivity index (χ0) is 18.1. The molecule has 2 heterocycles. The minimum absolute atomic E-state index is 0. The van der Waals surface area contributed by atoms with Crippen LogP contribution in [0.2, 0.25) is 0 Å². The maximum absolute atomic E-state index is 5.46. The van der Waals surface area contributed by atoms with Gasteiger partial charge in [-0.25, -0.2) is 0 Å². The van der Waals surface area contributed by atoms with Crippen LogP contribution >= 0.6 is 35.3 Å². The van der Waals surface area contributed by atoms with Gasteiger partial charge in [-0.2, -0.15) is 0 Å². The average Bonchev–Trinajstić information content (AvgIpc) is 3.11. The van der Waals surface area contributed by atoms with Gasteiger partial charge in [0, 0.05) is 38.2 Å². The molecule has 2 N–H and O–H groups in total. The maximum Gasteiger partial charge on any atom is 0.191 e. The molecule has 1 aromatic rings. The predicted octanol–water partition coefficient (Wildman–Crippen LogP) is 3.56. The largest absolute Gasteiger partial charge is 0.377 e. The van der Waals surface area contributed by atoms with E-state index in [9.17, 15) is 0 Å². The van der Waals surface area contributed by atoms with Crippen LogP contribution in [0, 0.1) is 5.92 Å². The van der Waals surface area contributed by atoms with Crippen LogP contribution in [0.15, 0.2) is 22.5 Å². The number of guanidine groups is 1. The third-order valence-corrected chi connectivity index (χ3v) is 5.50. The van der Waals surface area contributed by atoms with E-state index >= 15 is 0 Å². The molecule has 26 heavy (non-hydrogen) atoms. The second kappa shape index (κ2) is 12.2. The molecule has 0 spiro atoms. The molecule has 1 saturated heterocycles. The lowest BCUT2D eigenvalue weighted by Crippen LogP contribution is -2.44. The van der Waals surface area contributed by atoms with Crippen LogP contribution < -0.4 is 10.6 Å². The molecule has 0 radical (unpaired) electrons. The van der Waals surface area contributed by atoms with E-state index in [4.69, 9.17) is 4.74 Å². The minimum atomic E-state index is -0.231. The molecule has 0 aliphatic carbocycles. The average molecular weight is 494 g/mol. The number of hydrogen-bond donors (Lipinski definition) is 2. The zero-order valence-electron chi connectivity index (χ0n) is 16.6. The first-order chi connectivity index (χ1) is 12.0. The van der Waals surface area contributed by atoms with Crippen molar-refractivity contribution in [2.75, 3.05) is 39.8 Å². The number of likely N-dealkylation sites (tertiary alicyclic amines) is 1. The van der Waals surface area contributed by atoms with Crippen LogP contribution in [-0.4, -0.2) is 56.3 Å². The standard InChI is InChI=1S/C19H34N4OS.HI/c1-5-20-18(22-15-19(2,3)24-4)21-12-16-8-6-10-23(13-16)14-17-9-7-11-25-17;/h7,9,11,16H,5-6,8,10,12-15H2,1-4H3,(H2,20,21,22);1H. The van der Waals surface area contributed by atoms with Gasteiger partial charge in [0.05, 0.1) is 12.1 Å². The highest BCUT2D eigenvalue weighted by Gasteiger charge is 2.21. The van der Waals surface area contributed by atoms with Gasteiger partial charge >= 0.3 is 0 Å². The van der Waals surface area contributed by atoms with Crippen LogP contribution in [0.5, 0.6) is 0 Å². The molecule has 1 aliphatic heterocycles. The van der Waals surface area contributed by atoms with Crippen LogP contribution in [0.25, 0.3) is 0 Å². The first-order valence-corrected chi connectivity index (χ1v) is 10.2. The summed E-state index contributed by atoms with van der Waals surface area (Å²) in [5, 5.41) is 9.03. The summed E-state index contributed by atoms with van der Waals surface area (Å²) < 4.78 is 5.46. The van der Waals surface area contributed by atoms with Crippen molar-refractivity contribution in [1.29, 1.82) is 0 Å². The van der Waals surface area contributed by atoms with E-state index < -0.39 is 0 Å². The van der Waals surface area contributed by atoms with Gasteiger partial charge in [0.2, 0.25) is 0 Å². The van der Waals surface area contributed by atoms with Crippen LogP contribution in [-0.2, 0) is 11.3 Å². The second-order valence-corrected chi connectivity index (χ2v) is 8.39. The molecule has 7 heteroatoms. The van der Waals surface area contributed by atoms with Crippen molar-refractivity contribution in [3.8, 4) is 0 Å². The summed E-state index contributed by atoms with van der Waals surface area (Å²) in [5.41, 5.74) is -0.231. The summed E-state index contributed by atoms with van der Waals surface area (Å²) in [6, 6.07) is 4.38. The van der Waals surface area contributed by atoms with E-state index in [0.717, 1.165) is 32.1 Å². The minimum Gasteiger partial charge on any atom is -0.377 e. The van der Waals surface area contributed by atoms with Crippen molar-refractivity contribution in [3.63, 3.8) is 0 Å². The van der Waals surface area contributed by atoms with Gasteiger partial charge in [-0.3, -0.25) is 9.89 Å². The first-order valence-electron chi connectivity index (χ1n) is 9.34. The number of rotatable bonds is 8. The Hall–Kier alpha value is -0.380. The molecule has 1 unspecified atom stereocenters. The van der Waals surface area contributed by atoms with Crippen molar-refractivity contribution in [3.05, 3.63) is 22.4 Å². The van der Waals surface area contributed by atoms with E-state index in [1.807, 2.05) is 11.3 Å². The molecule has 1 aromatic heterocycles.